The lowest BCUT2D eigenvalue weighted by atomic mass is 9.74. The molecule has 4 heterocycles. The molecule has 380 valence electrons. The molecule has 3 aromatic heterocycles. The molecule has 0 saturated heterocycles. The van der Waals surface area contributed by atoms with E-state index in [1.807, 2.05) is 0 Å². The normalized spacial score (nSPS) is 21.6. The van der Waals surface area contributed by atoms with E-state index in [0.717, 1.165) is 32.1 Å². The van der Waals surface area contributed by atoms with Crippen LogP contribution < -0.4 is 10.6 Å². The van der Waals surface area contributed by atoms with Gasteiger partial charge in [0.25, 0.3) is 0 Å². The Kier molecular flexibility index (Phi) is 9.60. The maximum atomic E-state index is 4.04. The fraction of sp³-hybridized carbons (Fsp3) is 0.162. The van der Waals surface area contributed by atoms with Crippen molar-refractivity contribution >= 4 is 71.9 Å². The zero-order chi connectivity index (χ0) is 52.1. The van der Waals surface area contributed by atoms with Crippen molar-refractivity contribution in [2.45, 2.75) is 69.0 Å². The first-order chi connectivity index (χ1) is 38.9. The van der Waals surface area contributed by atoms with Crippen LogP contribution in [0.15, 0.2) is 236 Å². The molecule has 2 N–H and O–H groups in total. The highest BCUT2D eigenvalue weighted by molar-refractivity contribution is 6.10. The Morgan fingerprint density at radius 3 is 1.78 bits per heavy atom. The van der Waals surface area contributed by atoms with Crippen molar-refractivity contribution in [3.63, 3.8) is 0 Å². The van der Waals surface area contributed by atoms with Gasteiger partial charge in [0.15, 0.2) is 0 Å². The predicted molar refractivity (Wildman–Crippen MR) is 328 cm³/mol. The topological polar surface area (TPSA) is 38.9 Å². The summed E-state index contributed by atoms with van der Waals surface area (Å²) in [5, 5.41) is 14.6. The monoisotopic (exact) mass is 1020 g/mol. The summed E-state index contributed by atoms with van der Waals surface area (Å²) >= 11 is 0. The largest absolute Gasteiger partial charge is 0.366 e. The Morgan fingerprint density at radius 1 is 0.544 bits per heavy atom. The molecule has 1 saturated carbocycles. The SMILES string of the molecule is CC1(C)C2=C(C=CC3(c4cc(-n5c6c(c7ccccc75)CCC=C6)cc(-n5c6ccccc6c6ccccc65)c4)CC23)c2ccc(C3=CC(c4ccc(-n5c6ccccc6c6ccccc65)cc4)NC(C4=CC=CCC4)N3)cc21. The number of fused-ring (bicyclic) bond motifs is 13. The van der Waals surface area contributed by atoms with E-state index >= 15 is 0 Å². The average Bonchev–Trinajstić information content (AvgIpc) is 3.94. The van der Waals surface area contributed by atoms with Crippen LogP contribution in [0.4, 0.5) is 0 Å². The number of hydrogen-bond acceptors (Lipinski definition) is 2. The standard InChI is InChI=1S/C74H59N5/c1-73(2)61-40-48(64-44-63(75-72(76-64)47-18-4-3-5-19-47)46-32-35-50(36-33-46)77-65-26-12-6-20-54(65)55-21-7-13-27-66(55)77)34-37-53(61)60-38-39-74(45-62(74)71(60)73)49-41-51(78-67-28-14-8-22-56(67)57-23-9-15-29-68(57)78)43-52(42-49)79-69-30-16-10-24-58(69)59-25-11-17-31-70(59)79/h3-4,6-10,12-18,20-24,26-44,62-63,72,75-76H,5,11,19,25,45H2,1-2H3. The van der Waals surface area contributed by atoms with Crippen LogP contribution in [0.1, 0.15) is 84.6 Å². The molecule has 8 aromatic carbocycles. The zero-order valence-corrected chi connectivity index (χ0v) is 44.5. The first-order valence-corrected chi connectivity index (χ1v) is 28.6. The van der Waals surface area contributed by atoms with Gasteiger partial charge >= 0.3 is 0 Å². The van der Waals surface area contributed by atoms with Crippen LogP contribution in [0.5, 0.6) is 0 Å². The molecule has 1 aliphatic heterocycles. The molecule has 0 spiro atoms. The first kappa shape index (κ1) is 45.2. The van der Waals surface area contributed by atoms with Crippen molar-refractivity contribution in [1.29, 1.82) is 0 Å². The average molecular weight is 1020 g/mol. The van der Waals surface area contributed by atoms with Gasteiger partial charge in [-0.15, -0.1) is 0 Å². The van der Waals surface area contributed by atoms with Gasteiger partial charge < -0.3 is 19.0 Å². The highest BCUT2D eigenvalue weighted by Gasteiger charge is 2.61. The van der Waals surface area contributed by atoms with Crippen molar-refractivity contribution in [3.8, 4) is 17.1 Å². The van der Waals surface area contributed by atoms with E-state index in [2.05, 4.69) is 269 Å². The van der Waals surface area contributed by atoms with Crippen LogP contribution in [0.2, 0.25) is 0 Å². The van der Waals surface area contributed by atoms with Crippen LogP contribution in [0.3, 0.4) is 0 Å². The Morgan fingerprint density at radius 2 is 1.14 bits per heavy atom. The van der Waals surface area contributed by atoms with Gasteiger partial charge in [0, 0.05) is 66.2 Å². The Hall–Kier alpha value is -8.90. The molecule has 5 heteroatoms. The maximum Gasteiger partial charge on any atom is 0.100 e. The number of nitrogens with zero attached hydrogens (tertiary/aromatic N) is 3. The third-order valence-electron chi connectivity index (χ3n) is 19.0. The molecule has 5 aliphatic carbocycles. The lowest BCUT2D eigenvalue weighted by molar-refractivity contribution is 0.464. The molecule has 6 aliphatic rings. The minimum Gasteiger partial charge on any atom is -0.366 e. The molecule has 0 bridgehead atoms. The van der Waals surface area contributed by atoms with E-state index in [1.54, 1.807) is 5.57 Å². The smallest absolute Gasteiger partial charge is 0.100 e. The lowest BCUT2D eigenvalue weighted by Gasteiger charge is -2.35. The molecule has 11 aromatic rings. The third kappa shape index (κ3) is 6.60. The predicted octanol–water partition coefficient (Wildman–Crippen LogP) is 17.2. The summed E-state index contributed by atoms with van der Waals surface area (Å²) in [6.07, 6.45) is 24.4. The van der Waals surface area contributed by atoms with Crippen LogP contribution >= 0.6 is 0 Å². The summed E-state index contributed by atoms with van der Waals surface area (Å²) in [7, 11) is 0. The second-order valence-electron chi connectivity index (χ2n) is 23.6. The molecule has 0 amide bonds. The summed E-state index contributed by atoms with van der Waals surface area (Å²) in [6.45, 7) is 5.00. The molecule has 4 atom stereocenters. The van der Waals surface area contributed by atoms with E-state index in [0.29, 0.717) is 5.92 Å². The molecule has 5 nitrogen and oxygen atoms in total. The lowest BCUT2D eigenvalue weighted by Crippen LogP contribution is -2.47. The summed E-state index contributed by atoms with van der Waals surface area (Å²) in [5.41, 5.74) is 24.5. The van der Waals surface area contributed by atoms with Gasteiger partial charge in [0.05, 0.1) is 33.6 Å². The number of hydrogen-bond donors (Lipinski definition) is 2. The van der Waals surface area contributed by atoms with Crippen molar-refractivity contribution in [2.75, 3.05) is 0 Å². The van der Waals surface area contributed by atoms with Crippen molar-refractivity contribution in [1.82, 2.24) is 24.3 Å². The van der Waals surface area contributed by atoms with E-state index < -0.39 is 0 Å². The van der Waals surface area contributed by atoms with Crippen LogP contribution in [-0.2, 0) is 17.3 Å². The molecule has 0 radical (unpaired) electrons. The second-order valence-corrected chi connectivity index (χ2v) is 23.6. The number of nitrogens with one attached hydrogen (secondary N) is 2. The van der Waals surface area contributed by atoms with Crippen molar-refractivity contribution in [3.05, 3.63) is 275 Å². The second kappa shape index (κ2) is 16.8. The van der Waals surface area contributed by atoms with E-state index in [-0.39, 0.29) is 23.0 Å². The number of benzene rings is 8. The van der Waals surface area contributed by atoms with Gasteiger partial charge in [-0.3, -0.25) is 5.32 Å². The highest BCUT2D eigenvalue weighted by Crippen LogP contribution is 2.68. The number of aryl methyl sites for hydroxylation is 1. The number of rotatable bonds is 7. The van der Waals surface area contributed by atoms with Gasteiger partial charge in [-0.1, -0.05) is 166 Å². The fourth-order valence-electron chi connectivity index (χ4n) is 15.3. The molecule has 4 unspecified atom stereocenters. The van der Waals surface area contributed by atoms with E-state index in [1.165, 1.54) is 127 Å². The van der Waals surface area contributed by atoms with Crippen molar-refractivity contribution in [2.24, 2.45) is 5.92 Å². The molecular formula is C74H59N5. The number of para-hydroxylation sites is 5. The van der Waals surface area contributed by atoms with E-state index in [9.17, 15) is 0 Å². The van der Waals surface area contributed by atoms with Gasteiger partial charge in [0.2, 0.25) is 0 Å². The van der Waals surface area contributed by atoms with Crippen LogP contribution in [-0.4, -0.2) is 19.9 Å². The van der Waals surface area contributed by atoms with Crippen molar-refractivity contribution < 1.29 is 0 Å². The fourth-order valence-corrected chi connectivity index (χ4v) is 15.3. The molecule has 79 heavy (non-hydrogen) atoms. The number of aromatic nitrogens is 3. The van der Waals surface area contributed by atoms with Crippen LogP contribution in [0, 0.1) is 5.92 Å². The highest BCUT2D eigenvalue weighted by atomic mass is 15.2. The first-order valence-electron chi connectivity index (χ1n) is 28.6. The van der Waals surface area contributed by atoms with Gasteiger partial charge in [0.1, 0.15) is 6.17 Å². The summed E-state index contributed by atoms with van der Waals surface area (Å²) < 4.78 is 7.49. The van der Waals surface area contributed by atoms with Crippen LogP contribution in [0.25, 0.3) is 88.9 Å². The van der Waals surface area contributed by atoms with Gasteiger partial charge in [-0.2, -0.15) is 0 Å². The summed E-state index contributed by atoms with van der Waals surface area (Å²) in [6, 6.07) is 68.6. The molecule has 1 fully saturated rings. The summed E-state index contributed by atoms with van der Waals surface area (Å²) in [5.74, 6) is 0.386. The Bertz CT molecular complexity index is 4520. The quantitative estimate of drug-likeness (QED) is 0.167. The van der Waals surface area contributed by atoms with Gasteiger partial charge in [-0.25, -0.2) is 0 Å². The van der Waals surface area contributed by atoms with E-state index in [4.69, 9.17) is 0 Å². The minimum absolute atomic E-state index is 0.00352. The van der Waals surface area contributed by atoms with Gasteiger partial charge in [-0.05, 0) is 167 Å². The number of allylic oxidation sites excluding steroid dienone is 8. The maximum absolute atomic E-state index is 4.04. The Labute approximate surface area is 460 Å². The third-order valence-corrected chi connectivity index (χ3v) is 19.0. The Balaban J connectivity index is 0.749. The summed E-state index contributed by atoms with van der Waals surface area (Å²) in [4.78, 5) is 0. The minimum atomic E-state index is -0.169. The molecule has 17 rings (SSSR count). The zero-order valence-electron chi connectivity index (χ0n) is 44.5. The molecular weight excluding hydrogens is 959 g/mol.